The minimum Gasteiger partial charge on any atom is -0.396 e. The molecule has 2 aromatic heterocycles. The van der Waals surface area contributed by atoms with E-state index in [4.69, 9.17) is 17.3 Å². The van der Waals surface area contributed by atoms with Gasteiger partial charge in [0, 0.05) is 12.4 Å². The Morgan fingerprint density at radius 3 is 2.86 bits per heavy atom. The molecule has 106 valence electrons. The Kier molecular flexibility index (Phi) is 3.44. The molecule has 1 aromatic carbocycles. The summed E-state index contributed by atoms with van der Waals surface area (Å²) in [4.78, 5) is 21.2. The van der Waals surface area contributed by atoms with Gasteiger partial charge in [-0.2, -0.15) is 0 Å². The summed E-state index contributed by atoms with van der Waals surface area (Å²) in [6, 6.07) is 3.71. The highest BCUT2D eigenvalue weighted by Crippen LogP contribution is 2.32. The van der Waals surface area contributed by atoms with E-state index < -0.39 is 11.7 Å². The number of nitrogens with one attached hydrogen (secondary N) is 1. The van der Waals surface area contributed by atoms with E-state index in [0.717, 1.165) is 17.4 Å². The lowest BCUT2D eigenvalue weighted by atomic mass is 10.3. The molecule has 0 aliphatic carbocycles. The average Bonchev–Trinajstić information content (AvgIpc) is 2.81. The largest absolute Gasteiger partial charge is 0.396 e. The number of hydrogen-bond donors (Lipinski definition) is 2. The molecule has 21 heavy (non-hydrogen) atoms. The standard InChI is InChI=1S/C13H8ClFN4OS/c14-7-2-1-6(15)5-8(7)19-12(20)11-9(16)10-13(21-11)18-4-3-17-10/h1-5H,16H2,(H,19,20). The zero-order chi connectivity index (χ0) is 15.0. The monoisotopic (exact) mass is 322 g/mol. The second-order valence-corrected chi connectivity index (χ2v) is 5.54. The lowest BCUT2D eigenvalue weighted by Gasteiger charge is -2.06. The maximum Gasteiger partial charge on any atom is 0.268 e. The molecule has 0 saturated carbocycles. The van der Waals surface area contributed by atoms with Crippen LogP contribution in [0.2, 0.25) is 5.02 Å². The Morgan fingerprint density at radius 1 is 1.33 bits per heavy atom. The second-order valence-electron chi connectivity index (χ2n) is 4.13. The van der Waals surface area contributed by atoms with Crippen molar-refractivity contribution in [1.29, 1.82) is 0 Å². The van der Waals surface area contributed by atoms with Gasteiger partial charge in [0.05, 0.1) is 16.4 Å². The maximum atomic E-state index is 13.2. The first kappa shape index (κ1) is 13.7. The molecule has 0 unspecified atom stereocenters. The fraction of sp³-hybridized carbons (Fsp3) is 0. The van der Waals surface area contributed by atoms with Crippen LogP contribution in [0.4, 0.5) is 15.8 Å². The molecule has 0 saturated heterocycles. The number of rotatable bonds is 2. The van der Waals surface area contributed by atoms with Gasteiger partial charge in [-0.15, -0.1) is 11.3 Å². The maximum absolute atomic E-state index is 13.2. The summed E-state index contributed by atoms with van der Waals surface area (Å²) in [6.45, 7) is 0. The summed E-state index contributed by atoms with van der Waals surface area (Å²) < 4.78 is 13.2. The number of fused-ring (bicyclic) bond motifs is 1. The van der Waals surface area contributed by atoms with Crippen molar-refractivity contribution in [1.82, 2.24) is 9.97 Å². The highest BCUT2D eigenvalue weighted by atomic mass is 35.5. The van der Waals surface area contributed by atoms with E-state index in [9.17, 15) is 9.18 Å². The van der Waals surface area contributed by atoms with E-state index in [-0.39, 0.29) is 21.3 Å². The van der Waals surface area contributed by atoms with Crippen LogP contribution >= 0.6 is 22.9 Å². The van der Waals surface area contributed by atoms with Crippen LogP contribution in [-0.4, -0.2) is 15.9 Å². The number of hydrogen-bond acceptors (Lipinski definition) is 5. The molecule has 3 N–H and O–H groups in total. The fourth-order valence-electron chi connectivity index (χ4n) is 1.78. The minimum atomic E-state index is -0.498. The van der Waals surface area contributed by atoms with Crippen LogP contribution in [0.1, 0.15) is 9.67 Å². The van der Waals surface area contributed by atoms with E-state index in [1.165, 1.54) is 24.5 Å². The topological polar surface area (TPSA) is 80.9 Å². The van der Waals surface area contributed by atoms with Crippen molar-refractivity contribution in [2.75, 3.05) is 11.1 Å². The van der Waals surface area contributed by atoms with Crippen LogP contribution in [0.15, 0.2) is 30.6 Å². The van der Waals surface area contributed by atoms with Crippen molar-refractivity contribution in [3.63, 3.8) is 0 Å². The molecule has 3 rings (SSSR count). The third-order valence-corrected chi connectivity index (χ3v) is 4.18. The number of thiophene rings is 1. The van der Waals surface area contributed by atoms with E-state index >= 15 is 0 Å². The Bertz CT molecular complexity index is 851. The predicted octanol–water partition coefficient (Wildman–Crippen LogP) is 3.32. The summed E-state index contributed by atoms with van der Waals surface area (Å²) in [5.74, 6) is -0.979. The third-order valence-electron chi connectivity index (χ3n) is 2.75. The van der Waals surface area contributed by atoms with Crippen LogP contribution in [0.5, 0.6) is 0 Å². The Labute approximate surface area is 127 Å². The number of nitrogens with zero attached hydrogens (tertiary/aromatic N) is 2. The number of nitrogens with two attached hydrogens (primary N) is 1. The highest BCUT2D eigenvalue weighted by Gasteiger charge is 2.18. The molecule has 0 aliphatic rings. The molecule has 2 heterocycles. The van der Waals surface area contributed by atoms with Gasteiger partial charge in [0.2, 0.25) is 0 Å². The van der Waals surface area contributed by atoms with Gasteiger partial charge in [0.1, 0.15) is 21.0 Å². The SMILES string of the molecule is Nc1c(C(=O)Nc2cc(F)ccc2Cl)sc2nccnc12. The summed E-state index contributed by atoms with van der Waals surface area (Å²) in [5.41, 5.74) is 6.80. The van der Waals surface area contributed by atoms with Gasteiger partial charge in [0.15, 0.2) is 0 Å². The first-order chi connectivity index (χ1) is 10.1. The quantitative estimate of drug-likeness (QED) is 0.758. The molecule has 0 bridgehead atoms. The first-order valence-corrected chi connectivity index (χ1v) is 7.01. The van der Waals surface area contributed by atoms with Crippen molar-refractivity contribution in [2.24, 2.45) is 0 Å². The number of halogens is 2. The highest BCUT2D eigenvalue weighted by molar-refractivity contribution is 7.21. The van der Waals surface area contributed by atoms with E-state index in [1.807, 2.05) is 0 Å². The minimum absolute atomic E-state index is 0.180. The van der Waals surface area contributed by atoms with Crippen molar-refractivity contribution < 1.29 is 9.18 Å². The fourth-order valence-corrected chi connectivity index (χ4v) is 2.87. The molecule has 8 heteroatoms. The van der Waals surface area contributed by atoms with Gasteiger partial charge in [-0.1, -0.05) is 11.6 Å². The molecule has 1 amide bonds. The Morgan fingerprint density at radius 2 is 2.10 bits per heavy atom. The van der Waals surface area contributed by atoms with Crippen LogP contribution in [0.25, 0.3) is 10.3 Å². The molecule has 0 fully saturated rings. The van der Waals surface area contributed by atoms with Crippen LogP contribution in [-0.2, 0) is 0 Å². The first-order valence-electron chi connectivity index (χ1n) is 5.81. The number of carbonyl (C=O) groups is 1. The number of aromatic nitrogens is 2. The third kappa shape index (κ3) is 2.53. The van der Waals surface area contributed by atoms with Gasteiger partial charge in [-0.05, 0) is 18.2 Å². The average molecular weight is 323 g/mol. The number of amides is 1. The summed E-state index contributed by atoms with van der Waals surface area (Å²) in [5, 5.41) is 2.77. The molecule has 3 aromatic rings. The van der Waals surface area contributed by atoms with Gasteiger partial charge in [-0.25, -0.2) is 14.4 Å². The Hall–Kier alpha value is -2.25. The molecular weight excluding hydrogens is 315 g/mol. The van der Waals surface area contributed by atoms with Crippen molar-refractivity contribution in [3.05, 3.63) is 46.3 Å². The number of carbonyl (C=O) groups excluding carboxylic acids is 1. The molecule has 0 aliphatic heterocycles. The molecule has 5 nitrogen and oxygen atoms in total. The van der Waals surface area contributed by atoms with Gasteiger partial charge >= 0.3 is 0 Å². The van der Waals surface area contributed by atoms with E-state index in [0.29, 0.717) is 10.3 Å². The number of benzene rings is 1. The normalized spacial score (nSPS) is 10.8. The molecule has 0 radical (unpaired) electrons. The lowest BCUT2D eigenvalue weighted by Crippen LogP contribution is -2.12. The zero-order valence-electron chi connectivity index (χ0n) is 10.4. The van der Waals surface area contributed by atoms with Crippen LogP contribution < -0.4 is 11.1 Å². The van der Waals surface area contributed by atoms with Crippen molar-refractivity contribution in [2.45, 2.75) is 0 Å². The van der Waals surface area contributed by atoms with E-state index in [1.54, 1.807) is 0 Å². The number of nitrogen functional groups attached to an aromatic ring is 1. The summed E-state index contributed by atoms with van der Waals surface area (Å²) >= 11 is 7.03. The van der Waals surface area contributed by atoms with Gasteiger partial charge in [-0.3, -0.25) is 4.79 Å². The van der Waals surface area contributed by atoms with Crippen LogP contribution in [0.3, 0.4) is 0 Å². The number of anilines is 2. The van der Waals surface area contributed by atoms with E-state index in [2.05, 4.69) is 15.3 Å². The second kappa shape index (κ2) is 5.27. The predicted molar refractivity (Wildman–Crippen MR) is 81.2 cm³/mol. The molecule has 0 spiro atoms. The summed E-state index contributed by atoms with van der Waals surface area (Å²) in [7, 11) is 0. The van der Waals surface area contributed by atoms with Crippen LogP contribution in [0, 0.1) is 5.82 Å². The molecular formula is C13H8ClFN4OS. The van der Waals surface area contributed by atoms with Gasteiger partial charge < -0.3 is 11.1 Å². The van der Waals surface area contributed by atoms with Gasteiger partial charge in [0.25, 0.3) is 5.91 Å². The summed E-state index contributed by atoms with van der Waals surface area (Å²) in [6.07, 6.45) is 3.01. The van der Waals surface area contributed by atoms with Crippen molar-refractivity contribution >= 4 is 50.6 Å². The lowest BCUT2D eigenvalue weighted by molar-refractivity contribution is 0.103. The zero-order valence-corrected chi connectivity index (χ0v) is 12.0. The Balaban J connectivity index is 1.97. The van der Waals surface area contributed by atoms with Crippen molar-refractivity contribution in [3.8, 4) is 0 Å². The molecule has 0 atom stereocenters. The smallest absolute Gasteiger partial charge is 0.268 e.